The summed E-state index contributed by atoms with van der Waals surface area (Å²) in [5, 5.41) is 32.9. The lowest BCUT2D eigenvalue weighted by atomic mass is 9.62. The summed E-state index contributed by atoms with van der Waals surface area (Å²) in [6.07, 6.45) is 3.85. The van der Waals surface area contributed by atoms with Crippen LogP contribution in [0.15, 0.2) is 177 Å². The zero-order valence-corrected chi connectivity index (χ0v) is 35.2. The highest BCUT2D eigenvalue weighted by atomic mass is 33.1. The maximum atomic E-state index is 13.8. The molecule has 0 spiro atoms. The van der Waals surface area contributed by atoms with E-state index in [0.717, 1.165) is 77.2 Å². The van der Waals surface area contributed by atoms with Gasteiger partial charge in [-0.2, -0.15) is 0 Å². The van der Waals surface area contributed by atoms with E-state index in [1.54, 1.807) is 0 Å². The predicted octanol–water partition coefficient (Wildman–Crippen LogP) is 13.2. The Morgan fingerprint density at radius 2 is 0.967 bits per heavy atom. The summed E-state index contributed by atoms with van der Waals surface area (Å²) < 4.78 is 2.27. The molecule has 9 aromatic rings. The Kier molecular flexibility index (Phi) is 8.90. The van der Waals surface area contributed by atoms with Crippen molar-refractivity contribution in [1.82, 2.24) is 4.57 Å². The highest BCUT2D eigenvalue weighted by molar-refractivity contribution is 8.59. The number of rotatable bonds is 5. The molecule has 0 fully saturated rings. The fourth-order valence-corrected chi connectivity index (χ4v) is 10.3. The molecule has 1 aromatic heterocycles. The molecule has 11 rings (SSSR count). The summed E-state index contributed by atoms with van der Waals surface area (Å²) in [6.45, 7) is 13.0. The van der Waals surface area contributed by atoms with Gasteiger partial charge >= 0.3 is 0 Å². The van der Waals surface area contributed by atoms with Gasteiger partial charge in [-0.05, 0) is 120 Å². The van der Waals surface area contributed by atoms with Gasteiger partial charge < -0.3 is 14.8 Å². The van der Waals surface area contributed by atoms with Gasteiger partial charge in [-0.25, -0.2) is 0 Å². The summed E-state index contributed by atoms with van der Waals surface area (Å²) in [5.41, 5.74) is 9.09. The van der Waals surface area contributed by atoms with Crippen LogP contribution in [-0.2, 0) is 16.6 Å². The molecule has 8 aromatic carbocycles. The zero-order chi connectivity index (χ0) is 41.6. The van der Waals surface area contributed by atoms with E-state index < -0.39 is 16.6 Å². The van der Waals surface area contributed by atoms with E-state index in [2.05, 4.69) is 152 Å². The first-order valence-corrected chi connectivity index (χ1v) is 21.7. The first-order chi connectivity index (χ1) is 29.2. The summed E-state index contributed by atoms with van der Waals surface area (Å²) >= 11 is 6.44. The van der Waals surface area contributed by atoms with Crippen molar-refractivity contribution in [2.75, 3.05) is 0 Å². The van der Waals surface area contributed by atoms with E-state index in [1.165, 1.54) is 5.56 Å². The molecule has 0 saturated heterocycles. The third-order valence-corrected chi connectivity index (χ3v) is 13.2. The molecule has 0 bridgehead atoms. The predicted molar refractivity (Wildman–Crippen MR) is 258 cm³/mol. The molecule has 60 heavy (non-hydrogen) atoms. The minimum Gasteiger partial charge on any atom is -0.376 e. The number of aliphatic hydroxyl groups is 2. The molecule has 0 aliphatic heterocycles. The van der Waals surface area contributed by atoms with E-state index in [9.17, 15) is 10.2 Å². The van der Waals surface area contributed by atoms with Crippen LogP contribution in [0.25, 0.3) is 61.4 Å². The molecule has 2 N–H and O–H groups in total. The SMILES string of the molecule is C=Cc1c(C=C)n(-c2ccccc2)c2cc3c(cc12)C(C)(C)c1cc2c(cc1-3)C(O)(c1ccc3ccccc3c1)c1ccccc1C2(O)c1ccc2ccccc2c1.SS. The summed E-state index contributed by atoms with van der Waals surface area (Å²) in [7, 11) is 0. The zero-order valence-electron chi connectivity index (χ0n) is 33.4. The second kappa shape index (κ2) is 14.0. The number of hydrogen-bond acceptors (Lipinski definition) is 4. The molecule has 5 heteroatoms. The molecule has 0 amide bonds. The Hall–Kier alpha value is -6.08. The molecule has 0 saturated carbocycles. The fourth-order valence-electron chi connectivity index (χ4n) is 10.3. The molecule has 2 aliphatic rings. The average molecular weight is 814 g/mol. The highest BCUT2D eigenvalue weighted by Gasteiger charge is 2.53. The first-order valence-electron chi connectivity index (χ1n) is 20.1. The van der Waals surface area contributed by atoms with Crippen LogP contribution in [0, 0.1) is 0 Å². The van der Waals surface area contributed by atoms with Gasteiger partial charge in [0.15, 0.2) is 0 Å². The van der Waals surface area contributed by atoms with Gasteiger partial charge in [-0.15, -0.1) is 23.3 Å². The van der Waals surface area contributed by atoms with Crippen molar-refractivity contribution in [3.05, 3.63) is 233 Å². The number of para-hydroxylation sites is 1. The maximum Gasteiger partial charge on any atom is 0.141 e. The van der Waals surface area contributed by atoms with E-state index in [1.807, 2.05) is 78.9 Å². The minimum absolute atomic E-state index is 0.447. The smallest absolute Gasteiger partial charge is 0.141 e. The van der Waals surface area contributed by atoms with Crippen LogP contribution < -0.4 is 0 Å². The van der Waals surface area contributed by atoms with E-state index in [4.69, 9.17) is 0 Å². The van der Waals surface area contributed by atoms with Gasteiger partial charge in [-0.1, -0.05) is 154 Å². The largest absolute Gasteiger partial charge is 0.376 e. The summed E-state index contributed by atoms with van der Waals surface area (Å²) in [4.78, 5) is 0. The Labute approximate surface area is 360 Å². The third-order valence-electron chi connectivity index (χ3n) is 13.2. The van der Waals surface area contributed by atoms with Crippen molar-refractivity contribution >= 4 is 67.9 Å². The normalized spacial score (nSPS) is 18.2. The van der Waals surface area contributed by atoms with Crippen LogP contribution in [0.2, 0.25) is 0 Å². The average Bonchev–Trinajstić information content (AvgIpc) is 3.73. The molecule has 0 radical (unpaired) electrons. The lowest BCUT2D eigenvalue weighted by molar-refractivity contribution is 0.0748. The van der Waals surface area contributed by atoms with Gasteiger partial charge in [0.1, 0.15) is 11.2 Å². The van der Waals surface area contributed by atoms with E-state index in [0.29, 0.717) is 22.3 Å². The van der Waals surface area contributed by atoms with Crippen molar-refractivity contribution in [3.8, 4) is 16.8 Å². The Bertz CT molecular complexity index is 3230. The standard InChI is InChI=1S/C55H41NO2.H2S2/c1-5-41-44-31-47-43(32-52(44)56(51(41)6-2)40-20-8-7-9-21-40)42-30-49-50(33-48(42)53(47,3)4)55(58,39-27-25-35-17-11-13-19-37(35)29-39)46-23-15-14-22-45(46)54(49,57)38-26-24-34-16-10-12-18-36(34)28-38;1-2/h5-33,57-58H,1-2H2,3-4H3;1-2H. The van der Waals surface area contributed by atoms with Crippen LogP contribution in [0.3, 0.4) is 0 Å². The molecule has 1 heterocycles. The van der Waals surface area contributed by atoms with Crippen molar-refractivity contribution in [2.45, 2.75) is 30.5 Å². The number of hydrogen-bond donors (Lipinski definition) is 4. The van der Waals surface area contributed by atoms with Crippen LogP contribution in [-0.4, -0.2) is 14.8 Å². The molecular formula is C55H43NO2S2. The van der Waals surface area contributed by atoms with Crippen molar-refractivity contribution in [2.24, 2.45) is 0 Å². The number of benzene rings is 8. The molecule has 2 atom stereocenters. The third kappa shape index (κ3) is 5.20. The number of fused-ring (bicyclic) bond motifs is 8. The van der Waals surface area contributed by atoms with Gasteiger partial charge in [-0.3, -0.25) is 0 Å². The second-order valence-electron chi connectivity index (χ2n) is 16.5. The number of nitrogens with zero attached hydrogens (tertiary/aromatic N) is 1. The Morgan fingerprint density at radius 1 is 0.483 bits per heavy atom. The molecule has 2 aliphatic carbocycles. The van der Waals surface area contributed by atoms with Crippen LogP contribution in [0.1, 0.15) is 69.6 Å². The highest BCUT2D eigenvalue weighted by Crippen LogP contribution is 2.59. The van der Waals surface area contributed by atoms with Crippen LogP contribution in [0.4, 0.5) is 0 Å². The van der Waals surface area contributed by atoms with Crippen LogP contribution in [0.5, 0.6) is 0 Å². The first kappa shape index (κ1) is 38.1. The maximum absolute atomic E-state index is 13.8. The van der Waals surface area contributed by atoms with Crippen molar-refractivity contribution in [1.29, 1.82) is 0 Å². The Balaban J connectivity index is 0.00000213. The number of thiol groups is 2. The van der Waals surface area contributed by atoms with Gasteiger partial charge in [0, 0.05) is 27.6 Å². The van der Waals surface area contributed by atoms with Crippen molar-refractivity contribution < 1.29 is 10.2 Å². The molecular weight excluding hydrogens is 771 g/mol. The molecule has 2 unspecified atom stereocenters. The van der Waals surface area contributed by atoms with Crippen LogP contribution >= 0.6 is 23.3 Å². The van der Waals surface area contributed by atoms with Crippen molar-refractivity contribution in [3.63, 3.8) is 0 Å². The molecule has 292 valence electrons. The summed E-state index contributed by atoms with van der Waals surface area (Å²) in [5.74, 6) is 0. The number of aromatic nitrogens is 1. The lowest BCUT2D eigenvalue weighted by Gasteiger charge is -2.46. The van der Waals surface area contributed by atoms with Gasteiger partial charge in [0.2, 0.25) is 0 Å². The van der Waals surface area contributed by atoms with E-state index >= 15 is 0 Å². The minimum atomic E-state index is -1.60. The van der Waals surface area contributed by atoms with E-state index in [-0.39, 0.29) is 0 Å². The quantitative estimate of drug-likeness (QED) is 0.103. The Morgan fingerprint density at radius 3 is 1.52 bits per heavy atom. The molecule has 3 nitrogen and oxygen atoms in total. The topological polar surface area (TPSA) is 45.4 Å². The summed E-state index contributed by atoms with van der Waals surface area (Å²) in [6, 6.07) is 56.3. The lowest BCUT2D eigenvalue weighted by Crippen LogP contribution is -2.44. The van der Waals surface area contributed by atoms with Gasteiger partial charge in [0.05, 0.1) is 11.2 Å². The van der Waals surface area contributed by atoms with Gasteiger partial charge in [0.25, 0.3) is 0 Å². The second-order valence-corrected chi connectivity index (χ2v) is 16.5. The monoisotopic (exact) mass is 813 g/mol. The fraction of sp³-hybridized carbons (Fsp3) is 0.0909.